The summed E-state index contributed by atoms with van der Waals surface area (Å²) in [6.45, 7) is 2.09. The largest absolute Gasteiger partial charge is 0.508 e. The number of nitrogens with one attached hydrogen (secondary N) is 2. The van der Waals surface area contributed by atoms with E-state index in [0.717, 1.165) is 18.7 Å². The lowest BCUT2D eigenvalue weighted by atomic mass is 10.2. The third kappa shape index (κ3) is 4.44. The number of nitrogens with zero attached hydrogens (tertiary/aromatic N) is 2. The summed E-state index contributed by atoms with van der Waals surface area (Å²) in [5, 5.41) is 16.3. The minimum atomic E-state index is 0.232. The molecular formula is C16H22N4O2. The fourth-order valence-corrected chi connectivity index (χ4v) is 2.05. The van der Waals surface area contributed by atoms with Crippen molar-refractivity contribution in [2.45, 2.75) is 13.1 Å². The second-order valence-corrected chi connectivity index (χ2v) is 4.77. The first kappa shape index (κ1) is 15.8. The highest BCUT2D eigenvalue weighted by Gasteiger charge is 2.04. The normalized spacial score (nSPS) is 11.3. The van der Waals surface area contributed by atoms with E-state index in [4.69, 9.17) is 4.74 Å². The molecule has 6 nitrogen and oxygen atoms in total. The predicted molar refractivity (Wildman–Crippen MR) is 87.3 cm³/mol. The Labute approximate surface area is 130 Å². The third-order valence-electron chi connectivity index (χ3n) is 3.29. The summed E-state index contributed by atoms with van der Waals surface area (Å²) >= 11 is 0. The molecule has 0 amide bonds. The van der Waals surface area contributed by atoms with Crippen LogP contribution in [0.2, 0.25) is 0 Å². The fraction of sp³-hybridized carbons (Fsp3) is 0.312. The maximum Gasteiger partial charge on any atom is 0.191 e. The van der Waals surface area contributed by atoms with Crippen LogP contribution in [0.15, 0.2) is 47.7 Å². The van der Waals surface area contributed by atoms with Crippen LogP contribution < -0.4 is 15.4 Å². The van der Waals surface area contributed by atoms with Gasteiger partial charge >= 0.3 is 0 Å². The number of guanidine groups is 1. The molecule has 0 saturated carbocycles. The maximum atomic E-state index is 9.86. The van der Waals surface area contributed by atoms with Crippen molar-refractivity contribution in [3.63, 3.8) is 0 Å². The summed E-state index contributed by atoms with van der Waals surface area (Å²) in [6, 6.07) is 9.15. The Hall–Kier alpha value is -2.63. The highest BCUT2D eigenvalue weighted by Crippen LogP contribution is 2.22. The highest BCUT2D eigenvalue weighted by molar-refractivity contribution is 5.79. The summed E-state index contributed by atoms with van der Waals surface area (Å²) in [7, 11) is 3.32. The molecule has 0 bridgehead atoms. The van der Waals surface area contributed by atoms with Gasteiger partial charge in [-0.05, 0) is 30.3 Å². The van der Waals surface area contributed by atoms with E-state index in [1.807, 2.05) is 24.5 Å². The van der Waals surface area contributed by atoms with Gasteiger partial charge < -0.3 is 25.0 Å². The van der Waals surface area contributed by atoms with Gasteiger partial charge in [0.25, 0.3) is 0 Å². The molecular weight excluding hydrogens is 280 g/mol. The molecule has 22 heavy (non-hydrogen) atoms. The quantitative estimate of drug-likeness (QED) is 0.559. The lowest BCUT2D eigenvalue weighted by Gasteiger charge is -2.13. The second-order valence-electron chi connectivity index (χ2n) is 4.77. The number of aromatic nitrogens is 1. The van der Waals surface area contributed by atoms with Crippen LogP contribution in [0.3, 0.4) is 0 Å². The Bertz CT molecular complexity index is 609. The Morgan fingerprint density at radius 2 is 2.05 bits per heavy atom. The van der Waals surface area contributed by atoms with Crippen molar-refractivity contribution in [2.24, 2.45) is 4.99 Å². The molecule has 2 aromatic rings. The molecule has 0 aliphatic heterocycles. The zero-order valence-corrected chi connectivity index (χ0v) is 12.9. The Morgan fingerprint density at radius 3 is 2.73 bits per heavy atom. The van der Waals surface area contributed by atoms with E-state index in [1.54, 1.807) is 32.4 Å². The smallest absolute Gasteiger partial charge is 0.191 e. The average Bonchev–Trinajstić information content (AvgIpc) is 3.05. The van der Waals surface area contributed by atoms with Gasteiger partial charge in [-0.25, -0.2) is 0 Å². The van der Waals surface area contributed by atoms with Crippen molar-refractivity contribution in [1.29, 1.82) is 0 Å². The van der Waals surface area contributed by atoms with E-state index in [0.29, 0.717) is 18.3 Å². The van der Waals surface area contributed by atoms with Crippen molar-refractivity contribution >= 4 is 5.96 Å². The molecule has 1 heterocycles. The molecule has 118 valence electrons. The number of hydrogen-bond acceptors (Lipinski definition) is 3. The topological polar surface area (TPSA) is 70.8 Å². The standard InChI is InChI=1S/C16H22N4O2/c1-17-16(18-7-10-20-8-3-4-9-20)19-12-13-11-14(22-2)5-6-15(13)21/h3-6,8-9,11,21H,7,10,12H2,1-2H3,(H2,17,18,19). The number of benzene rings is 1. The van der Waals surface area contributed by atoms with Crippen molar-refractivity contribution in [3.8, 4) is 11.5 Å². The van der Waals surface area contributed by atoms with Crippen LogP contribution in [0.1, 0.15) is 5.56 Å². The molecule has 0 fully saturated rings. The molecule has 0 spiro atoms. The number of rotatable bonds is 6. The Kier molecular flexibility index (Phi) is 5.71. The predicted octanol–water partition coefficient (Wildman–Crippen LogP) is 1.57. The van der Waals surface area contributed by atoms with E-state index < -0.39 is 0 Å². The minimum Gasteiger partial charge on any atom is -0.508 e. The van der Waals surface area contributed by atoms with Gasteiger partial charge in [0.05, 0.1) is 7.11 Å². The van der Waals surface area contributed by atoms with E-state index >= 15 is 0 Å². The molecule has 1 aromatic heterocycles. The van der Waals surface area contributed by atoms with E-state index in [1.165, 1.54) is 0 Å². The van der Waals surface area contributed by atoms with Crippen LogP contribution in [-0.2, 0) is 13.1 Å². The first-order valence-electron chi connectivity index (χ1n) is 7.14. The van der Waals surface area contributed by atoms with Crippen molar-refractivity contribution < 1.29 is 9.84 Å². The van der Waals surface area contributed by atoms with Crippen LogP contribution in [0.4, 0.5) is 0 Å². The third-order valence-corrected chi connectivity index (χ3v) is 3.29. The summed E-state index contributed by atoms with van der Waals surface area (Å²) in [4.78, 5) is 4.17. The number of methoxy groups -OCH3 is 1. The van der Waals surface area contributed by atoms with Crippen molar-refractivity contribution in [3.05, 3.63) is 48.3 Å². The van der Waals surface area contributed by atoms with Gasteiger partial charge in [-0.2, -0.15) is 0 Å². The molecule has 3 N–H and O–H groups in total. The van der Waals surface area contributed by atoms with Gasteiger partial charge in [0.2, 0.25) is 0 Å². The van der Waals surface area contributed by atoms with Crippen molar-refractivity contribution in [2.75, 3.05) is 20.7 Å². The molecule has 1 aromatic carbocycles. The van der Waals surface area contributed by atoms with Crippen LogP contribution in [0.25, 0.3) is 0 Å². The molecule has 0 saturated heterocycles. The monoisotopic (exact) mass is 302 g/mol. The fourth-order valence-electron chi connectivity index (χ4n) is 2.05. The first-order chi connectivity index (χ1) is 10.7. The van der Waals surface area contributed by atoms with Gasteiger partial charge in [-0.3, -0.25) is 4.99 Å². The lowest BCUT2D eigenvalue weighted by molar-refractivity contribution is 0.410. The summed E-state index contributed by atoms with van der Waals surface area (Å²) in [5.74, 6) is 1.63. The molecule has 0 unspecified atom stereocenters. The number of aromatic hydroxyl groups is 1. The molecule has 0 atom stereocenters. The SMILES string of the molecule is CN=C(NCCn1cccc1)NCc1cc(OC)ccc1O. The minimum absolute atomic E-state index is 0.232. The summed E-state index contributed by atoms with van der Waals surface area (Å²) in [6.07, 6.45) is 4.04. The van der Waals surface area contributed by atoms with E-state index in [9.17, 15) is 5.11 Å². The zero-order chi connectivity index (χ0) is 15.8. The molecule has 6 heteroatoms. The molecule has 0 radical (unpaired) electrons. The van der Waals surface area contributed by atoms with Crippen LogP contribution in [0.5, 0.6) is 11.5 Å². The Morgan fingerprint density at radius 1 is 1.27 bits per heavy atom. The number of aliphatic imine (C=N–C) groups is 1. The van der Waals surface area contributed by atoms with Crippen LogP contribution in [0, 0.1) is 0 Å². The van der Waals surface area contributed by atoms with E-state index in [-0.39, 0.29) is 5.75 Å². The molecule has 2 rings (SSSR count). The van der Waals surface area contributed by atoms with E-state index in [2.05, 4.69) is 20.2 Å². The first-order valence-corrected chi connectivity index (χ1v) is 7.14. The van der Waals surface area contributed by atoms with Gasteiger partial charge in [0, 0.05) is 44.6 Å². The van der Waals surface area contributed by atoms with Gasteiger partial charge in [0.1, 0.15) is 11.5 Å². The lowest BCUT2D eigenvalue weighted by Crippen LogP contribution is -2.38. The number of phenols is 1. The highest BCUT2D eigenvalue weighted by atomic mass is 16.5. The number of ether oxygens (including phenoxy) is 1. The maximum absolute atomic E-state index is 9.86. The second kappa shape index (κ2) is 7.97. The van der Waals surface area contributed by atoms with Crippen LogP contribution >= 0.6 is 0 Å². The van der Waals surface area contributed by atoms with Gasteiger partial charge in [-0.15, -0.1) is 0 Å². The van der Waals surface area contributed by atoms with Gasteiger partial charge in [0.15, 0.2) is 5.96 Å². The number of phenolic OH excluding ortho intramolecular Hbond substituents is 1. The average molecular weight is 302 g/mol. The number of hydrogen-bond donors (Lipinski definition) is 3. The molecule has 0 aliphatic rings. The summed E-state index contributed by atoms with van der Waals surface area (Å²) < 4.78 is 7.25. The molecule has 0 aliphatic carbocycles. The zero-order valence-electron chi connectivity index (χ0n) is 12.9. The Balaban J connectivity index is 1.83. The summed E-state index contributed by atoms with van der Waals surface area (Å²) in [5.41, 5.74) is 0.757. The van der Waals surface area contributed by atoms with Crippen LogP contribution in [-0.4, -0.2) is 36.3 Å². The van der Waals surface area contributed by atoms with Crippen molar-refractivity contribution in [1.82, 2.24) is 15.2 Å². The van der Waals surface area contributed by atoms with Gasteiger partial charge in [-0.1, -0.05) is 0 Å².